The molecular weight excluding hydrogens is 468 g/mol. The van der Waals surface area contributed by atoms with Crippen molar-refractivity contribution in [3.63, 3.8) is 0 Å². The Bertz CT molecular complexity index is 1260. The molecule has 1 fully saturated rings. The van der Waals surface area contributed by atoms with Gasteiger partial charge >= 0.3 is 5.97 Å². The van der Waals surface area contributed by atoms with Crippen molar-refractivity contribution in [2.75, 3.05) is 0 Å². The molecule has 5 heteroatoms. The van der Waals surface area contributed by atoms with Gasteiger partial charge in [0.25, 0.3) is 0 Å². The van der Waals surface area contributed by atoms with E-state index in [2.05, 4.69) is 15.9 Å². The molecule has 4 nitrogen and oxygen atoms in total. The van der Waals surface area contributed by atoms with Gasteiger partial charge in [-0.3, -0.25) is 14.4 Å². The van der Waals surface area contributed by atoms with Crippen molar-refractivity contribution in [2.24, 2.45) is 10.8 Å². The minimum Gasteiger partial charge on any atom is -0.425 e. The van der Waals surface area contributed by atoms with Crippen LogP contribution in [0.4, 0.5) is 0 Å². The highest BCUT2D eigenvalue weighted by Crippen LogP contribution is 2.79. The molecule has 0 aromatic heterocycles. The highest BCUT2D eigenvalue weighted by Gasteiger charge is 2.87. The molecule has 2 aliphatic rings. The van der Waals surface area contributed by atoms with E-state index in [9.17, 15) is 14.4 Å². The number of carbonyl (C=O) groups excluding carboxylic acids is 3. The lowest BCUT2D eigenvalue weighted by Gasteiger charge is -2.23. The standard InChI is InChI=1S/C27H21BrO4/c1-3-16-9-11-18(12-10-16)23(29)26(2)22-20-15-19(28)13-14-21(20)32-25(31)27(22,26)24(30)17-7-5-4-6-8-17/h4-15,22H,3H2,1-2H3/t22-,26+,27-/m0/s1. The first kappa shape index (κ1) is 20.8. The maximum atomic E-state index is 13.9. The summed E-state index contributed by atoms with van der Waals surface area (Å²) in [6.45, 7) is 3.78. The normalized spacial score (nSPS) is 25.3. The summed E-state index contributed by atoms with van der Waals surface area (Å²) < 4.78 is 6.47. The van der Waals surface area contributed by atoms with Gasteiger partial charge in [0.1, 0.15) is 5.75 Å². The van der Waals surface area contributed by atoms with E-state index in [1.165, 1.54) is 0 Å². The Morgan fingerprint density at radius 2 is 1.59 bits per heavy atom. The highest BCUT2D eigenvalue weighted by atomic mass is 79.9. The second-order valence-electron chi connectivity index (χ2n) is 8.59. The smallest absolute Gasteiger partial charge is 0.327 e. The van der Waals surface area contributed by atoms with Gasteiger partial charge in [0, 0.05) is 27.1 Å². The summed E-state index contributed by atoms with van der Waals surface area (Å²) in [5, 5.41) is 0. The summed E-state index contributed by atoms with van der Waals surface area (Å²) in [4.78, 5) is 41.2. The largest absolute Gasteiger partial charge is 0.425 e. The summed E-state index contributed by atoms with van der Waals surface area (Å²) in [6, 6.07) is 21.4. The van der Waals surface area contributed by atoms with Crippen LogP contribution in [0.5, 0.6) is 5.75 Å². The van der Waals surface area contributed by atoms with E-state index < -0.39 is 22.7 Å². The number of hydrogen-bond donors (Lipinski definition) is 0. The Kier molecular flexibility index (Phi) is 4.71. The van der Waals surface area contributed by atoms with Crippen LogP contribution in [0.3, 0.4) is 0 Å². The zero-order valence-corrected chi connectivity index (χ0v) is 19.3. The average molecular weight is 489 g/mol. The van der Waals surface area contributed by atoms with Gasteiger partial charge in [0.15, 0.2) is 17.0 Å². The number of ketones is 2. The van der Waals surface area contributed by atoms with Crippen molar-refractivity contribution < 1.29 is 19.1 Å². The zero-order chi connectivity index (χ0) is 22.7. The van der Waals surface area contributed by atoms with Crippen LogP contribution in [0.2, 0.25) is 0 Å². The molecule has 0 radical (unpaired) electrons. The molecule has 0 saturated heterocycles. The first-order chi connectivity index (χ1) is 15.4. The van der Waals surface area contributed by atoms with Crippen LogP contribution in [-0.2, 0) is 11.2 Å². The van der Waals surface area contributed by atoms with E-state index >= 15 is 0 Å². The SMILES string of the molecule is CCc1ccc(C(=O)[C@@]2(C)[C@@H]3c4cc(Br)ccc4OC(=O)[C@@]32C(=O)c2ccccc2)cc1. The predicted molar refractivity (Wildman–Crippen MR) is 124 cm³/mol. The Hall–Kier alpha value is -3.05. The van der Waals surface area contributed by atoms with E-state index in [-0.39, 0.29) is 11.6 Å². The lowest BCUT2D eigenvalue weighted by Crippen LogP contribution is -2.39. The van der Waals surface area contributed by atoms with E-state index in [1.54, 1.807) is 55.5 Å². The number of benzene rings is 3. The Morgan fingerprint density at radius 1 is 0.938 bits per heavy atom. The summed E-state index contributed by atoms with van der Waals surface area (Å²) in [5.41, 5.74) is -0.151. The molecule has 160 valence electrons. The third-order valence-corrected chi connectivity index (χ3v) is 7.54. The fourth-order valence-electron chi connectivity index (χ4n) is 5.29. The van der Waals surface area contributed by atoms with Gasteiger partial charge in [-0.2, -0.15) is 0 Å². The Labute approximate surface area is 194 Å². The number of aryl methyl sites for hydroxylation is 1. The van der Waals surface area contributed by atoms with Crippen molar-refractivity contribution in [1.82, 2.24) is 0 Å². The van der Waals surface area contributed by atoms with Gasteiger partial charge in [-0.15, -0.1) is 0 Å². The highest BCUT2D eigenvalue weighted by molar-refractivity contribution is 9.10. The summed E-state index contributed by atoms with van der Waals surface area (Å²) in [5.74, 6) is -1.46. The number of Topliss-reactive ketones (excluding diaryl/α,β-unsaturated/α-hetero) is 2. The van der Waals surface area contributed by atoms with Crippen LogP contribution in [0.1, 0.15) is 51.6 Å². The van der Waals surface area contributed by atoms with Gasteiger partial charge in [-0.25, -0.2) is 0 Å². The van der Waals surface area contributed by atoms with E-state index in [1.807, 2.05) is 31.2 Å². The second-order valence-corrected chi connectivity index (χ2v) is 9.51. The van der Waals surface area contributed by atoms with Gasteiger partial charge in [0.2, 0.25) is 0 Å². The topological polar surface area (TPSA) is 60.4 Å². The number of halogens is 1. The van der Waals surface area contributed by atoms with Crippen molar-refractivity contribution in [2.45, 2.75) is 26.2 Å². The molecule has 1 aliphatic heterocycles. The first-order valence-electron chi connectivity index (χ1n) is 10.6. The second kappa shape index (κ2) is 7.24. The van der Waals surface area contributed by atoms with Crippen molar-refractivity contribution in [3.05, 3.63) is 99.5 Å². The molecule has 3 aromatic carbocycles. The van der Waals surface area contributed by atoms with Crippen molar-refractivity contribution in [1.29, 1.82) is 0 Å². The number of esters is 1. The maximum Gasteiger partial charge on any atom is 0.327 e. The number of rotatable bonds is 5. The zero-order valence-electron chi connectivity index (χ0n) is 17.7. The summed E-state index contributed by atoms with van der Waals surface area (Å²) in [6.07, 6.45) is 0.860. The molecule has 0 amide bonds. The average Bonchev–Trinajstić information content (AvgIpc) is 3.42. The molecule has 1 aliphatic carbocycles. The minimum absolute atomic E-state index is 0.223. The molecule has 3 aromatic rings. The quantitative estimate of drug-likeness (QED) is 0.197. The Balaban J connectivity index is 1.70. The lowest BCUT2D eigenvalue weighted by molar-refractivity contribution is -0.140. The molecule has 0 N–H and O–H groups in total. The molecule has 0 unspecified atom stereocenters. The van der Waals surface area contributed by atoms with Crippen LogP contribution in [0, 0.1) is 10.8 Å². The van der Waals surface area contributed by atoms with Crippen LogP contribution < -0.4 is 4.74 Å². The molecular formula is C27H21BrO4. The molecule has 1 heterocycles. The molecule has 5 rings (SSSR count). The lowest BCUT2D eigenvalue weighted by atomic mass is 9.82. The van der Waals surface area contributed by atoms with Crippen molar-refractivity contribution >= 4 is 33.5 Å². The molecule has 0 spiro atoms. The van der Waals surface area contributed by atoms with Crippen LogP contribution in [0.15, 0.2) is 77.3 Å². The minimum atomic E-state index is -1.59. The van der Waals surface area contributed by atoms with E-state index in [4.69, 9.17) is 4.74 Å². The summed E-state index contributed by atoms with van der Waals surface area (Å²) in [7, 11) is 0. The van der Waals surface area contributed by atoms with Crippen LogP contribution in [-0.4, -0.2) is 17.5 Å². The van der Waals surface area contributed by atoms with Crippen molar-refractivity contribution in [3.8, 4) is 5.75 Å². The van der Waals surface area contributed by atoms with E-state index in [0.29, 0.717) is 22.4 Å². The van der Waals surface area contributed by atoms with Crippen LogP contribution >= 0.6 is 15.9 Å². The Morgan fingerprint density at radius 3 is 2.25 bits per heavy atom. The van der Waals surface area contributed by atoms with Gasteiger partial charge < -0.3 is 4.74 Å². The molecule has 32 heavy (non-hydrogen) atoms. The summed E-state index contributed by atoms with van der Waals surface area (Å²) >= 11 is 3.48. The van der Waals surface area contributed by atoms with Gasteiger partial charge in [-0.1, -0.05) is 84.4 Å². The van der Waals surface area contributed by atoms with E-state index in [0.717, 1.165) is 16.5 Å². The number of ether oxygens (including phenoxy) is 1. The fraction of sp³-hybridized carbons (Fsp3) is 0.222. The van der Waals surface area contributed by atoms with Gasteiger partial charge in [0.05, 0.1) is 5.41 Å². The fourth-order valence-corrected chi connectivity index (χ4v) is 5.67. The molecule has 3 atom stereocenters. The number of hydrogen-bond acceptors (Lipinski definition) is 4. The van der Waals surface area contributed by atoms with Gasteiger partial charge in [-0.05, 0) is 30.2 Å². The molecule has 0 bridgehead atoms. The third kappa shape index (κ3) is 2.64. The number of fused-ring (bicyclic) bond motifs is 3. The first-order valence-corrected chi connectivity index (χ1v) is 11.4. The third-order valence-electron chi connectivity index (χ3n) is 7.04. The van der Waals surface area contributed by atoms with Crippen LogP contribution in [0.25, 0.3) is 0 Å². The maximum absolute atomic E-state index is 13.9. The molecule has 1 saturated carbocycles. The monoisotopic (exact) mass is 488 g/mol. The number of carbonyl (C=O) groups is 3. The predicted octanol–water partition coefficient (Wildman–Crippen LogP) is 5.79.